The lowest BCUT2D eigenvalue weighted by atomic mass is 9.88. The number of hydrogen-bond acceptors (Lipinski definition) is 8. The Hall–Kier alpha value is -3.83. The summed E-state index contributed by atoms with van der Waals surface area (Å²) in [5, 5.41) is 6.69. The lowest BCUT2D eigenvalue weighted by Gasteiger charge is -2.18. The number of anilines is 1. The Bertz CT molecular complexity index is 1430. The first-order chi connectivity index (χ1) is 18.8. The van der Waals surface area contributed by atoms with Crippen molar-refractivity contribution in [1.82, 2.24) is 5.43 Å². The average Bonchev–Trinajstić information content (AvgIpc) is 3.26. The van der Waals surface area contributed by atoms with E-state index in [1.54, 1.807) is 55.5 Å². The summed E-state index contributed by atoms with van der Waals surface area (Å²) in [6.07, 6.45) is 3.81. The van der Waals surface area contributed by atoms with Gasteiger partial charge in [-0.3, -0.25) is 9.59 Å². The number of carbonyl (C=O) groups excluding carboxylic acids is 4. The van der Waals surface area contributed by atoms with E-state index in [2.05, 4.69) is 38.7 Å². The summed E-state index contributed by atoms with van der Waals surface area (Å²) in [6.45, 7) is 4.06. The zero-order valence-corrected chi connectivity index (χ0v) is 23.7. The molecule has 11 heteroatoms. The van der Waals surface area contributed by atoms with Crippen LogP contribution in [0.25, 0.3) is 0 Å². The summed E-state index contributed by atoms with van der Waals surface area (Å²) in [4.78, 5) is 50.9. The van der Waals surface area contributed by atoms with Gasteiger partial charge in [-0.2, -0.15) is 5.10 Å². The molecule has 3 aromatic rings. The van der Waals surface area contributed by atoms with Crippen LogP contribution < -0.4 is 15.5 Å². The molecule has 2 N–H and O–H groups in total. The van der Waals surface area contributed by atoms with E-state index in [0.717, 1.165) is 29.7 Å². The van der Waals surface area contributed by atoms with Gasteiger partial charge in [-0.25, -0.2) is 15.0 Å². The molecule has 1 heterocycles. The molecule has 0 bridgehead atoms. The number of thiophene rings is 1. The van der Waals surface area contributed by atoms with Crippen LogP contribution in [0.2, 0.25) is 0 Å². The second kappa shape index (κ2) is 12.8. The first-order valence-electron chi connectivity index (χ1n) is 12.3. The van der Waals surface area contributed by atoms with Crippen molar-refractivity contribution in [1.29, 1.82) is 0 Å². The molecular formula is C28H26BrN3O6S. The van der Waals surface area contributed by atoms with Crippen LogP contribution in [0.3, 0.4) is 0 Å². The van der Waals surface area contributed by atoms with Crippen molar-refractivity contribution in [2.24, 2.45) is 11.0 Å². The van der Waals surface area contributed by atoms with Crippen LogP contribution in [-0.2, 0) is 27.2 Å². The SMILES string of the molecule is CCOC(=O)c1c(NC(=O)C(=O)N/N=C/c2ccc(OC(=O)c3ccccc3Br)cc2)sc2c1CCC(C)C2. The normalized spacial score (nSPS) is 14.4. The second-order valence-corrected chi connectivity index (χ2v) is 10.8. The summed E-state index contributed by atoms with van der Waals surface area (Å²) in [7, 11) is 0. The number of hydrazone groups is 1. The average molecular weight is 613 g/mol. The number of amides is 2. The van der Waals surface area contributed by atoms with E-state index in [1.807, 2.05) is 0 Å². The van der Waals surface area contributed by atoms with Crippen LogP contribution in [0.5, 0.6) is 5.75 Å². The zero-order valence-electron chi connectivity index (χ0n) is 21.3. The number of nitrogens with zero attached hydrogens (tertiary/aromatic N) is 1. The molecule has 1 atom stereocenters. The molecule has 1 aliphatic carbocycles. The van der Waals surface area contributed by atoms with E-state index in [4.69, 9.17) is 9.47 Å². The molecule has 0 aliphatic heterocycles. The van der Waals surface area contributed by atoms with Gasteiger partial charge < -0.3 is 14.8 Å². The highest BCUT2D eigenvalue weighted by atomic mass is 79.9. The zero-order chi connectivity index (χ0) is 27.9. The number of ether oxygens (including phenoxy) is 2. The standard InChI is InChI=1S/C28H26BrN3O6S/c1-3-37-28(36)23-20-13-8-16(2)14-22(20)39-26(23)31-24(33)25(34)32-30-15-17-9-11-18(12-10-17)38-27(35)19-6-4-5-7-21(19)29/h4-7,9-12,15-16H,3,8,13-14H2,1-2H3,(H,31,33)(H,32,34)/b30-15+. The highest BCUT2D eigenvalue weighted by Crippen LogP contribution is 2.40. The van der Waals surface area contributed by atoms with Gasteiger partial charge in [-0.1, -0.05) is 19.1 Å². The topological polar surface area (TPSA) is 123 Å². The first kappa shape index (κ1) is 28.2. The Morgan fingerprint density at radius 3 is 2.54 bits per heavy atom. The number of hydrogen-bond donors (Lipinski definition) is 2. The van der Waals surface area contributed by atoms with Crippen LogP contribution in [0, 0.1) is 5.92 Å². The van der Waals surface area contributed by atoms with Crippen LogP contribution in [-0.4, -0.2) is 36.6 Å². The van der Waals surface area contributed by atoms with Crippen LogP contribution in [0.15, 0.2) is 58.1 Å². The Morgan fingerprint density at radius 2 is 1.82 bits per heavy atom. The van der Waals surface area contributed by atoms with Gasteiger partial charge in [0.05, 0.1) is 23.9 Å². The minimum absolute atomic E-state index is 0.205. The molecule has 1 aromatic heterocycles. The maximum Gasteiger partial charge on any atom is 0.344 e. The third kappa shape index (κ3) is 6.98. The Balaban J connectivity index is 1.35. The first-order valence-corrected chi connectivity index (χ1v) is 13.9. The molecule has 2 aromatic carbocycles. The maximum atomic E-state index is 12.6. The van der Waals surface area contributed by atoms with E-state index in [9.17, 15) is 19.2 Å². The number of fused-ring (bicyclic) bond motifs is 1. The van der Waals surface area contributed by atoms with Gasteiger partial charge in [0.25, 0.3) is 0 Å². The highest BCUT2D eigenvalue weighted by Gasteiger charge is 2.30. The maximum absolute atomic E-state index is 12.6. The van der Waals surface area contributed by atoms with E-state index >= 15 is 0 Å². The van der Waals surface area contributed by atoms with E-state index in [-0.39, 0.29) is 6.61 Å². The van der Waals surface area contributed by atoms with Crippen LogP contribution in [0.4, 0.5) is 5.00 Å². The lowest BCUT2D eigenvalue weighted by Crippen LogP contribution is -2.32. The van der Waals surface area contributed by atoms with Crippen molar-refractivity contribution in [2.45, 2.75) is 33.1 Å². The van der Waals surface area contributed by atoms with Gasteiger partial charge >= 0.3 is 23.8 Å². The number of halogens is 1. The van der Waals surface area contributed by atoms with Crippen molar-refractivity contribution in [3.05, 3.63) is 80.1 Å². The van der Waals surface area contributed by atoms with Crippen LogP contribution >= 0.6 is 27.3 Å². The minimum atomic E-state index is -0.986. The van der Waals surface area contributed by atoms with Crippen molar-refractivity contribution in [3.8, 4) is 5.75 Å². The molecule has 1 aliphatic rings. The monoisotopic (exact) mass is 611 g/mol. The highest BCUT2D eigenvalue weighted by molar-refractivity contribution is 9.10. The third-order valence-electron chi connectivity index (χ3n) is 5.99. The van der Waals surface area contributed by atoms with E-state index < -0.39 is 23.8 Å². The van der Waals surface area contributed by atoms with Crippen molar-refractivity contribution in [3.63, 3.8) is 0 Å². The second-order valence-electron chi connectivity index (χ2n) is 8.87. The molecule has 0 spiro atoms. The summed E-state index contributed by atoms with van der Waals surface area (Å²) < 4.78 is 11.2. The molecule has 1 unspecified atom stereocenters. The van der Waals surface area contributed by atoms with Gasteiger partial charge in [-0.05, 0) is 95.6 Å². The van der Waals surface area contributed by atoms with Crippen LogP contribution in [0.1, 0.15) is 57.0 Å². The molecule has 0 fully saturated rings. The van der Waals surface area contributed by atoms with Gasteiger partial charge in [0.1, 0.15) is 10.8 Å². The number of benzene rings is 2. The van der Waals surface area contributed by atoms with Gasteiger partial charge in [0.2, 0.25) is 0 Å². The molecule has 39 heavy (non-hydrogen) atoms. The summed E-state index contributed by atoms with van der Waals surface area (Å²) >= 11 is 4.62. The molecule has 4 rings (SSSR count). The van der Waals surface area contributed by atoms with Gasteiger partial charge in [0.15, 0.2) is 0 Å². The summed E-state index contributed by atoms with van der Waals surface area (Å²) in [6, 6.07) is 13.4. The molecule has 202 valence electrons. The molecule has 0 saturated carbocycles. The van der Waals surface area contributed by atoms with E-state index in [0.29, 0.717) is 37.8 Å². The molecule has 0 radical (unpaired) electrons. The predicted octanol–water partition coefficient (Wildman–Crippen LogP) is 5.12. The fourth-order valence-corrected chi connectivity index (χ4v) is 5.89. The Labute approximate surface area is 237 Å². The van der Waals surface area contributed by atoms with Gasteiger partial charge in [-0.15, -0.1) is 11.3 Å². The molecular weight excluding hydrogens is 586 g/mol. The fraction of sp³-hybridized carbons (Fsp3) is 0.250. The van der Waals surface area contributed by atoms with Gasteiger partial charge in [0, 0.05) is 9.35 Å². The number of carbonyl (C=O) groups is 4. The largest absolute Gasteiger partial charge is 0.462 e. The van der Waals surface area contributed by atoms with E-state index in [1.165, 1.54) is 17.6 Å². The summed E-state index contributed by atoms with van der Waals surface area (Å²) in [5.41, 5.74) is 4.39. The fourth-order valence-electron chi connectivity index (χ4n) is 4.04. The van der Waals surface area contributed by atoms with Crippen molar-refractivity contribution < 1.29 is 28.7 Å². The quantitative estimate of drug-likeness (QED) is 0.126. The Morgan fingerprint density at radius 1 is 1.08 bits per heavy atom. The molecule has 2 amide bonds. The van der Waals surface area contributed by atoms with Crippen molar-refractivity contribution in [2.75, 3.05) is 11.9 Å². The smallest absolute Gasteiger partial charge is 0.344 e. The number of nitrogens with one attached hydrogen (secondary N) is 2. The molecule has 9 nitrogen and oxygen atoms in total. The third-order valence-corrected chi connectivity index (χ3v) is 7.85. The summed E-state index contributed by atoms with van der Waals surface area (Å²) in [5.74, 6) is -2.14. The minimum Gasteiger partial charge on any atom is -0.462 e. The predicted molar refractivity (Wildman–Crippen MR) is 151 cm³/mol. The Kier molecular flexibility index (Phi) is 9.26. The molecule has 0 saturated heterocycles. The van der Waals surface area contributed by atoms with Crippen molar-refractivity contribution >= 4 is 62.2 Å². The number of rotatable bonds is 7. The lowest BCUT2D eigenvalue weighted by molar-refractivity contribution is -0.136. The number of esters is 2.